The van der Waals surface area contributed by atoms with Crippen LogP contribution in [0.1, 0.15) is 22.0 Å². The van der Waals surface area contributed by atoms with Crippen LogP contribution in [0.4, 0.5) is 5.69 Å². The molecule has 6 heteroatoms. The third kappa shape index (κ3) is 2.25. The molecular formula is C15H11NO5. The fourth-order valence-electron chi connectivity index (χ4n) is 2.31. The number of carbonyl (C=O) groups is 1. The van der Waals surface area contributed by atoms with E-state index >= 15 is 0 Å². The van der Waals surface area contributed by atoms with Gasteiger partial charge in [-0.05, 0) is 29.8 Å². The first-order chi connectivity index (χ1) is 10.1. The van der Waals surface area contributed by atoms with E-state index in [0.29, 0.717) is 16.9 Å². The molecule has 1 N–H and O–H groups in total. The summed E-state index contributed by atoms with van der Waals surface area (Å²) >= 11 is 0. The number of ether oxygens (including phenoxy) is 1. The number of fused-ring (bicyclic) bond motifs is 1. The first-order valence-corrected chi connectivity index (χ1v) is 6.30. The molecule has 2 aromatic rings. The SMILES string of the molecule is O=C1c2ccccc2O[C@@H](c2ccc([N+](=O)[O-])cc2)[C@@H]1O. The molecule has 1 aliphatic rings. The van der Waals surface area contributed by atoms with Gasteiger partial charge in [0.1, 0.15) is 5.75 Å². The van der Waals surface area contributed by atoms with Crippen molar-refractivity contribution in [3.63, 3.8) is 0 Å². The molecule has 1 heterocycles. The number of aliphatic hydroxyl groups excluding tert-OH is 1. The van der Waals surface area contributed by atoms with E-state index in [9.17, 15) is 20.0 Å². The second kappa shape index (κ2) is 4.99. The van der Waals surface area contributed by atoms with Gasteiger partial charge in [-0.2, -0.15) is 0 Å². The van der Waals surface area contributed by atoms with E-state index < -0.39 is 22.9 Å². The van der Waals surface area contributed by atoms with Crippen molar-refractivity contribution in [1.29, 1.82) is 0 Å². The molecule has 0 aliphatic carbocycles. The maximum Gasteiger partial charge on any atom is 0.269 e. The van der Waals surface area contributed by atoms with E-state index in [1.807, 2.05) is 0 Å². The summed E-state index contributed by atoms with van der Waals surface area (Å²) in [6.45, 7) is 0. The van der Waals surface area contributed by atoms with Gasteiger partial charge in [0.15, 0.2) is 18.0 Å². The number of non-ortho nitro benzene ring substituents is 1. The first-order valence-electron chi connectivity index (χ1n) is 6.30. The van der Waals surface area contributed by atoms with Crippen molar-refractivity contribution in [2.75, 3.05) is 0 Å². The van der Waals surface area contributed by atoms with E-state index in [-0.39, 0.29) is 5.69 Å². The zero-order valence-electron chi connectivity index (χ0n) is 10.8. The minimum Gasteiger partial charge on any atom is -0.482 e. The quantitative estimate of drug-likeness (QED) is 0.675. The summed E-state index contributed by atoms with van der Waals surface area (Å²) in [6, 6.07) is 12.3. The largest absolute Gasteiger partial charge is 0.482 e. The van der Waals surface area contributed by atoms with Crippen molar-refractivity contribution >= 4 is 11.5 Å². The molecule has 0 saturated carbocycles. The first kappa shape index (κ1) is 13.3. The van der Waals surface area contributed by atoms with Gasteiger partial charge in [0, 0.05) is 12.1 Å². The molecular weight excluding hydrogens is 274 g/mol. The van der Waals surface area contributed by atoms with Crippen molar-refractivity contribution in [2.45, 2.75) is 12.2 Å². The fourth-order valence-corrected chi connectivity index (χ4v) is 2.31. The normalized spacial score (nSPS) is 20.5. The Hall–Kier alpha value is -2.73. The summed E-state index contributed by atoms with van der Waals surface area (Å²) in [6.07, 6.45) is -2.20. The summed E-state index contributed by atoms with van der Waals surface area (Å²) in [4.78, 5) is 22.3. The predicted octanol–water partition coefficient (Wildman–Crippen LogP) is 2.27. The average Bonchev–Trinajstić information content (AvgIpc) is 2.51. The smallest absolute Gasteiger partial charge is 0.269 e. The van der Waals surface area contributed by atoms with Gasteiger partial charge in [0.05, 0.1) is 10.5 Å². The van der Waals surface area contributed by atoms with Gasteiger partial charge in [0.2, 0.25) is 0 Å². The van der Waals surface area contributed by atoms with Crippen LogP contribution in [0.3, 0.4) is 0 Å². The van der Waals surface area contributed by atoms with Crippen LogP contribution in [0.25, 0.3) is 0 Å². The van der Waals surface area contributed by atoms with Crippen LogP contribution in [0, 0.1) is 10.1 Å². The Kier molecular flexibility index (Phi) is 3.15. The number of nitro benzene ring substituents is 1. The fraction of sp³-hybridized carbons (Fsp3) is 0.133. The molecule has 0 saturated heterocycles. The Bertz CT molecular complexity index is 710. The molecule has 0 fully saturated rings. The van der Waals surface area contributed by atoms with Gasteiger partial charge < -0.3 is 9.84 Å². The number of ketones is 1. The Morgan fingerprint density at radius 1 is 1.10 bits per heavy atom. The second-order valence-electron chi connectivity index (χ2n) is 4.69. The monoisotopic (exact) mass is 285 g/mol. The second-order valence-corrected chi connectivity index (χ2v) is 4.69. The third-order valence-electron chi connectivity index (χ3n) is 3.39. The standard InChI is InChI=1S/C15H11NO5/c17-13-11-3-1-2-4-12(11)21-15(14(13)18)9-5-7-10(8-6-9)16(19)20/h1-8,14-15,18H/t14-,15+/m1/s1. The van der Waals surface area contributed by atoms with Gasteiger partial charge in [-0.25, -0.2) is 0 Å². The molecule has 106 valence electrons. The zero-order valence-corrected chi connectivity index (χ0v) is 10.8. The molecule has 0 spiro atoms. The van der Waals surface area contributed by atoms with Crippen molar-refractivity contribution < 1.29 is 19.6 Å². The van der Waals surface area contributed by atoms with Crippen LogP contribution in [-0.2, 0) is 0 Å². The molecule has 0 aromatic heterocycles. The molecule has 1 aliphatic heterocycles. The molecule has 0 amide bonds. The van der Waals surface area contributed by atoms with Gasteiger partial charge in [0.25, 0.3) is 5.69 Å². The topological polar surface area (TPSA) is 89.7 Å². The van der Waals surface area contributed by atoms with Crippen LogP contribution in [0.15, 0.2) is 48.5 Å². The molecule has 6 nitrogen and oxygen atoms in total. The molecule has 0 unspecified atom stereocenters. The third-order valence-corrected chi connectivity index (χ3v) is 3.39. The number of nitro groups is 1. The Labute approximate surface area is 119 Å². The molecule has 0 bridgehead atoms. The van der Waals surface area contributed by atoms with E-state index in [2.05, 4.69) is 0 Å². The lowest BCUT2D eigenvalue weighted by atomic mass is 9.93. The minimum atomic E-state index is -1.33. The highest BCUT2D eigenvalue weighted by Crippen LogP contribution is 2.35. The van der Waals surface area contributed by atoms with Crippen molar-refractivity contribution in [1.82, 2.24) is 0 Å². The van der Waals surface area contributed by atoms with Gasteiger partial charge >= 0.3 is 0 Å². The van der Waals surface area contributed by atoms with E-state index in [4.69, 9.17) is 4.74 Å². The minimum absolute atomic E-state index is 0.0595. The predicted molar refractivity (Wildman–Crippen MR) is 73.2 cm³/mol. The van der Waals surface area contributed by atoms with Crippen molar-refractivity contribution in [3.05, 3.63) is 69.8 Å². The highest BCUT2D eigenvalue weighted by atomic mass is 16.6. The van der Waals surface area contributed by atoms with Crippen molar-refractivity contribution in [3.8, 4) is 5.75 Å². The molecule has 0 radical (unpaired) electrons. The van der Waals surface area contributed by atoms with E-state index in [0.717, 1.165) is 0 Å². The number of benzene rings is 2. The number of hydrogen-bond acceptors (Lipinski definition) is 5. The highest BCUT2D eigenvalue weighted by molar-refractivity contribution is 6.03. The number of nitrogens with zero attached hydrogens (tertiary/aromatic N) is 1. The zero-order chi connectivity index (χ0) is 15.0. The lowest BCUT2D eigenvalue weighted by molar-refractivity contribution is -0.384. The molecule has 2 atom stereocenters. The Morgan fingerprint density at radius 2 is 1.76 bits per heavy atom. The number of Topliss-reactive ketones (excluding diaryl/α,β-unsaturated/α-hetero) is 1. The summed E-state index contributed by atoms with van der Waals surface area (Å²) < 4.78 is 5.66. The summed E-state index contributed by atoms with van der Waals surface area (Å²) in [5, 5.41) is 20.7. The summed E-state index contributed by atoms with van der Waals surface area (Å²) in [7, 11) is 0. The Morgan fingerprint density at radius 3 is 2.43 bits per heavy atom. The van der Waals surface area contributed by atoms with E-state index in [1.165, 1.54) is 24.3 Å². The van der Waals surface area contributed by atoms with Crippen LogP contribution >= 0.6 is 0 Å². The molecule has 21 heavy (non-hydrogen) atoms. The lowest BCUT2D eigenvalue weighted by Crippen LogP contribution is -2.36. The van der Waals surface area contributed by atoms with E-state index in [1.54, 1.807) is 24.3 Å². The number of hydrogen-bond donors (Lipinski definition) is 1. The number of para-hydroxylation sites is 1. The van der Waals surface area contributed by atoms with Gasteiger partial charge in [-0.1, -0.05) is 12.1 Å². The van der Waals surface area contributed by atoms with Crippen LogP contribution in [-0.4, -0.2) is 21.9 Å². The lowest BCUT2D eigenvalue weighted by Gasteiger charge is -2.29. The maximum atomic E-state index is 12.1. The Balaban J connectivity index is 1.96. The van der Waals surface area contributed by atoms with Crippen LogP contribution in [0.5, 0.6) is 5.75 Å². The molecule has 2 aromatic carbocycles. The number of rotatable bonds is 2. The average molecular weight is 285 g/mol. The van der Waals surface area contributed by atoms with Crippen LogP contribution < -0.4 is 4.74 Å². The van der Waals surface area contributed by atoms with Gasteiger partial charge in [-0.3, -0.25) is 14.9 Å². The summed E-state index contributed by atoms with van der Waals surface area (Å²) in [5.74, 6) is -0.0173. The summed E-state index contributed by atoms with van der Waals surface area (Å²) in [5.41, 5.74) is 0.787. The number of carbonyl (C=O) groups excluding carboxylic acids is 1. The molecule has 3 rings (SSSR count). The van der Waals surface area contributed by atoms with Crippen molar-refractivity contribution in [2.24, 2.45) is 0 Å². The number of aliphatic hydroxyl groups is 1. The van der Waals surface area contributed by atoms with Crippen LogP contribution in [0.2, 0.25) is 0 Å². The van der Waals surface area contributed by atoms with Gasteiger partial charge in [-0.15, -0.1) is 0 Å². The highest BCUT2D eigenvalue weighted by Gasteiger charge is 2.36. The maximum absolute atomic E-state index is 12.1.